The molecule has 35 heavy (non-hydrogen) atoms. The van der Waals surface area contributed by atoms with Gasteiger partial charge in [0, 0.05) is 21.9 Å². The fourth-order valence-electron chi connectivity index (χ4n) is 3.99. The summed E-state index contributed by atoms with van der Waals surface area (Å²) >= 11 is 1.30. The summed E-state index contributed by atoms with van der Waals surface area (Å²) in [5, 5.41) is 6.00. The molecular formula is C29H22N2O3S. The lowest BCUT2D eigenvalue weighted by molar-refractivity contribution is 0.0603. The molecule has 0 atom stereocenters. The minimum Gasteiger partial charge on any atom is -0.465 e. The summed E-state index contributed by atoms with van der Waals surface area (Å²) in [6.07, 6.45) is 0. The minimum atomic E-state index is -0.500. The summed E-state index contributed by atoms with van der Waals surface area (Å²) < 4.78 is 5.05. The summed E-state index contributed by atoms with van der Waals surface area (Å²) in [6.45, 7) is 2.03. The van der Waals surface area contributed by atoms with E-state index in [1.807, 2.05) is 91.2 Å². The highest BCUT2D eigenvalue weighted by molar-refractivity contribution is 7.15. The molecule has 2 heterocycles. The largest absolute Gasteiger partial charge is 0.465 e. The van der Waals surface area contributed by atoms with Crippen molar-refractivity contribution in [2.24, 2.45) is 0 Å². The molecule has 6 heteroatoms. The number of hydrogen-bond donors (Lipinski definition) is 1. The van der Waals surface area contributed by atoms with Crippen molar-refractivity contribution in [2.45, 2.75) is 6.92 Å². The highest BCUT2D eigenvalue weighted by atomic mass is 32.1. The fraction of sp³-hybridized carbons (Fsp3) is 0.0690. The second-order valence-electron chi connectivity index (χ2n) is 8.10. The van der Waals surface area contributed by atoms with Gasteiger partial charge < -0.3 is 10.1 Å². The van der Waals surface area contributed by atoms with Crippen molar-refractivity contribution >= 4 is 39.1 Å². The number of anilines is 1. The van der Waals surface area contributed by atoms with Gasteiger partial charge in [-0.25, -0.2) is 9.78 Å². The molecule has 0 fully saturated rings. The standard InChI is InChI=1S/C29H22N2O3S/c1-18-12-14-20(15-13-18)25-16-22(21-10-6-7-11-24(21)30-25)27(32)31-28-26(29(33)34-2)23(17-35-28)19-8-4-3-5-9-19/h3-17H,1-2H3,(H,31,32). The van der Waals surface area contributed by atoms with Crippen LogP contribution in [0.2, 0.25) is 0 Å². The Bertz CT molecular complexity index is 1540. The van der Waals surface area contributed by atoms with Crippen LogP contribution in [0.3, 0.4) is 0 Å². The Morgan fingerprint density at radius 1 is 0.886 bits per heavy atom. The van der Waals surface area contributed by atoms with E-state index in [4.69, 9.17) is 9.72 Å². The van der Waals surface area contributed by atoms with Gasteiger partial charge in [0.2, 0.25) is 0 Å². The number of fused-ring (bicyclic) bond motifs is 1. The Morgan fingerprint density at radius 3 is 2.34 bits per heavy atom. The molecule has 2 aromatic heterocycles. The second kappa shape index (κ2) is 9.52. The van der Waals surface area contributed by atoms with Crippen LogP contribution >= 0.6 is 11.3 Å². The number of amides is 1. The molecule has 0 spiro atoms. The average Bonchev–Trinajstić information content (AvgIpc) is 3.32. The number of esters is 1. The molecule has 1 N–H and O–H groups in total. The first-order valence-corrected chi connectivity index (χ1v) is 12.0. The van der Waals surface area contributed by atoms with E-state index >= 15 is 0 Å². The molecule has 5 nitrogen and oxygen atoms in total. The number of pyridine rings is 1. The van der Waals surface area contributed by atoms with Gasteiger partial charge in [-0.05, 0) is 24.6 Å². The summed E-state index contributed by atoms with van der Waals surface area (Å²) in [6, 6.07) is 26.9. The van der Waals surface area contributed by atoms with Crippen molar-refractivity contribution in [2.75, 3.05) is 12.4 Å². The number of thiophene rings is 1. The van der Waals surface area contributed by atoms with E-state index in [-0.39, 0.29) is 5.91 Å². The second-order valence-corrected chi connectivity index (χ2v) is 8.98. The van der Waals surface area contributed by atoms with E-state index in [2.05, 4.69) is 5.32 Å². The Kier molecular flexibility index (Phi) is 6.12. The molecular weight excluding hydrogens is 456 g/mol. The maximum absolute atomic E-state index is 13.6. The Hall–Kier alpha value is -4.29. The first kappa shape index (κ1) is 22.5. The van der Waals surface area contributed by atoms with Gasteiger partial charge in [0.15, 0.2) is 0 Å². The van der Waals surface area contributed by atoms with Crippen molar-refractivity contribution < 1.29 is 14.3 Å². The molecule has 0 unspecified atom stereocenters. The number of rotatable bonds is 5. The van der Waals surface area contributed by atoms with Gasteiger partial charge in [-0.15, -0.1) is 11.3 Å². The molecule has 0 bridgehead atoms. The third kappa shape index (κ3) is 4.44. The third-order valence-electron chi connectivity index (χ3n) is 5.80. The summed E-state index contributed by atoms with van der Waals surface area (Å²) in [4.78, 5) is 31.1. The maximum atomic E-state index is 13.6. The van der Waals surface area contributed by atoms with Gasteiger partial charge in [0.25, 0.3) is 5.91 Å². The number of carbonyl (C=O) groups excluding carboxylic acids is 2. The van der Waals surface area contributed by atoms with E-state index in [1.54, 1.807) is 6.07 Å². The van der Waals surface area contributed by atoms with Crippen molar-refractivity contribution in [3.8, 4) is 22.4 Å². The number of aromatic nitrogens is 1. The molecule has 0 aliphatic rings. The van der Waals surface area contributed by atoms with Gasteiger partial charge in [-0.2, -0.15) is 0 Å². The lowest BCUT2D eigenvalue weighted by Crippen LogP contribution is -2.15. The first-order valence-electron chi connectivity index (χ1n) is 11.1. The maximum Gasteiger partial charge on any atom is 0.341 e. The third-order valence-corrected chi connectivity index (χ3v) is 6.70. The van der Waals surface area contributed by atoms with Crippen LogP contribution < -0.4 is 5.32 Å². The van der Waals surface area contributed by atoms with E-state index in [1.165, 1.54) is 18.4 Å². The topological polar surface area (TPSA) is 68.3 Å². The van der Waals surface area contributed by atoms with Crippen molar-refractivity contribution in [3.63, 3.8) is 0 Å². The van der Waals surface area contributed by atoms with Gasteiger partial charge >= 0.3 is 5.97 Å². The molecule has 0 aliphatic carbocycles. The fourth-order valence-corrected chi connectivity index (χ4v) is 4.94. The molecule has 5 rings (SSSR count). The number of carbonyl (C=O) groups is 2. The Balaban J connectivity index is 1.58. The van der Waals surface area contributed by atoms with Crippen LogP contribution in [-0.2, 0) is 4.74 Å². The van der Waals surface area contributed by atoms with Crippen molar-refractivity contribution in [1.29, 1.82) is 0 Å². The predicted octanol–water partition coefficient (Wildman–Crippen LogP) is 6.98. The van der Waals surface area contributed by atoms with Crippen LogP contribution in [0.1, 0.15) is 26.3 Å². The Morgan fingerprint density at radius 2 is 1.60 bits per heavy atom. The number of ether oxygens (including phenoxy) is 1. The number of aryl methyl sites for hydroxylation is 1. The number of methoxy groups -OCH3 is 1. The number of nitrogens with one attached hydrogen (secondary N) is 1. The van der Waals surface area contributed by atoms with Crippen LogP contribution in [0.5, 0.6) is 0 Å². The number of nitrogens with zero attached hydrogens (tertiary/aromatic N) is 1. The molecule has 0 aliphatic heterocycles. The normalized spacial score (nSPS) is 10.8. The van der Waals surface area contributed by atoms with Crippen molar-refractivity contribution in [1.82, 2.24) is 4.98 Å². The summed E-state index contributed by atoms with van der Waals surface area (Å²) in [5.74, 6) is -0.816. The quantitative estimate of drug-likeness (QED) is 0.277. The van der Waals surface area contributed by atoms with Gasteiger partial charge in [0.1, 0.15) is 10.6 Å². The van der Waals surface area contributed by atoms with Crippen LogP contribution in [0, 0.1) is 6.92 Å². The zero-order valence-corrected chi connectivity index (χ0v) is 20.1. The van der Waals surface area contributed by atoms with Crippen molar-refractivity contribution in [3.05, 3.63) is 107 Å². The number of para-hydroxylation sites is 1. The van der Waals surface area contributed by atoms with Gasteiger partial charge in [-0.1, -0.05) is 78.4 Å². The highest BCUT2D eigenvalue weighted by Crippen LogP contribution is 2.37. The molecule has 3 aromatic carbocycles. The van der Waals surface area contributed by atoms with Crippen LogP contribution in [0.4, 0.5) is 5.00 Å². The van der Waals surface area contributed by atoms with E-state index in [0.29, 0.717) is 21.8 Å². The minimum absolute atomic E-state index is 0.316. The van der Waals surface area contributed by atoms with Crippen LogP contribution in [0.15, 0.2) is 90.3 Å². The Labute approximate surface area is 207 Å². The average molecular weight is 479 g/mol. The number of benzene rings is 3. The lowest BCUT2D eigenvalue weighted by Gasteiger charge is -2.11. The molecule has 0 saturated carbocycles. The zero-order valence-electron chi connectivity index (χ0n) is 19.2. The monoisotopic (exact) mass is 478 g/mol. The smallest absolute Gasteiger partial charge is 0.341 e. The first-order chi connectivity index (χ1) is 17.0. The molecule has 172 valence electrons. The molecule has 0 saturated heterocycles. The highest BCUT2D eigenvalue weighted by Gasteiger charge is 2.23. The SMILES string of the molecule is COC(=O)c1c(-c2ccccc2)csc1NC(=O)c1cc(-c2ccc(C)cc2)nc2ccccc12. The van der Waals surface area contributed by atoms with E-state index in [9.17, 15) is 9.59 Å². The van der Waals surface area contributed by atoms with Crippen LogP contribution in [0.25, 0.3) is 33.3 Å². The van der Waals surface area contributed by atoms with E-state index < -0.39 is 5.97 Å². The predicted molar refractivity (Wildman–Crippen MR) is 141 cm³/mol. The molecule has 1 amide bonds. The summed E-state index contributed by atoms with van der Waals surface area (Å²) in [7, 11) is 1.34. The summed E-state index contributed by atoms with van der Waals surface area (Å²) in [5.41, 5.74) is 5.92. The van der Waals surface area contributed by atoms with Gasteiger partial charge in [-0.3, -0.25) is 4.79 Å². The molecule has 0 radical (unpaired) electrons. The lowest BCUT2D eigenvalue weighted by atomic mass is 10.0. The van der Waals surface area contributed by atoms with Crippen LogP contribution in [-0.4, -0.2) is 24.0 Å². The zero-order chi connectivity index (χ0) is 24.4. The van der Waals surface area contributed by atoms with E-state index in [0.717, 1.165) is 33.2 Å². The molecule has 5 aromatic rings. The number of hydrogen-bond acceptors (Lipinski definition) is 5. The van der Waals surface area contributed by atoms with Gasteiger partial charge in [0.05, 0.1) is 23.9 Å².